The van der Waals surface area contributed by atoms with E-state index in [0.29, 0.717) is 24.5 Å². The summed E-state index contributed by atoms with van der Waals surface area (Å²) >= 11 is 10.9. The number of halogens is 3. The second-order valence-corrected chi connectivity index (χ2v) is 7.35. The molecule has 1 atom stereocenters. The molecule has 0 aliphatic carbocycles. The van der Waals surface area contributed by atoms with Crippen LogP contribution in [0.1, 0.15) is 0 Å². The highest BCUT2D eigenvalue weighted by Crippen LogP contribution is 2.28. The lowest BCUT2D eigenvalue weighted by molar-refractivity contribution is -0.119. The predicted molar refractivity (Wildman–Crippen MR) is 107 cm³/mol. The number of hydrogen-bond acceptors (Lipinski definition) is 6. The summed E-state index contributed by atoms with van der Waals surface area (Å²) in [5.74, 6) is -1.11. The summed E-state index contributed by atoms with van der Waals surface area (Å²) in [5.41, 5.74) is 0.646. The van der Waals surface area contributed by atoms with Crippen LogP contribution < -0.4 is 15.1 Å². The SMILES string of the molecule is [C-]#[N+]CN1CCN(c2ccc(N3C[C@H](CNC(=O)C(Cl)Cl)OC3=O)cc2F)C=N1. The second-order valence-electron chi connectivity index (χ2n) is 6.25. The van der Waals surface area contributed by atoms with Crippen LogP contribution in [0.15, 0.2) is 23.3 Å². The minimum atomic E-state index is -1.21. The molecule has 1 aromatic rings. The first-order chi connectivity index (χ1) is 13.9. The van der Waals surface area contributed by atoms with E-state index in [4.69, 9.17) is 34.5 Å². The fourth-order valence-electron chi connectivity index (χ4n) is 2.87. The molecule has 154 valence electrons. The number of hydrazone groups is 1. The molecule has 9 nitrogen and oxygen atoms in total. The van der Waals surface area contributed by atoms with Crippen LogP contribution in [-0.2, 0) is 9.53 Å². The van der Waals surface area contributed by atoms with Gasteiger partial charge in [0, 0.05) is 6.54 Å². The highest BCUT2D eigenvalue weighted by molar-refractivity contribution is 6.53. The van der Waals surface area contributed by atoms with E-state index in [0.717, 1.165) is 0 Å². The van der Waals surface area contributed by atoms with E-state index < -0.39 is 28.8 Å². The summed E-state index contributed by atoms with van der Waals surface area (Å²) in [6, 6.07) is 4.40. The Morgan fingerprint density at radius 1 is 1.45 bits per heavy atom. The molecule has 29 heavy (non-hydrogen) atoms. The van der Waals surface area contributed by atoms with Gasteiger partial charge in [-0.2, -0.15) is 5.10 Å². The number of amides is 2. The Bertz CT molecular complexity index is 862. The third-order valence-electron chi connectivity index (χ3n) is 4.32. The van der Waals surface area contributed by atoms with Crippen LogP contribution in [0, 0.1) is 12.4 Å². The maximum atomic E-state index is 14.7. The number of nitrogens with one attached hydrogen (secondary N) is 1. The van der Waals surface area contributed by atoms with Crippen molar-refractivity contribution >= 4 is 52.9 Å². The third kappa shape index (κ3) is 4.99. The first-order valence-electron chi connectivity index (χ1n) is 8.61. The van der Waals surface area contributed by atoms with Crippen molar-refractivity contribution in [1.82, 2.24) is 10.3 Å². The Balaban J connectivity index is 1.64. The summed E-state index contributed by atoms with van der Waals surface area (Å²) in [6.07, 6.45) is 0.222. The van der Waals surface area contributed by atoms with E-state index in [9.17, 15) is 14.0 Å². The first kappa shape index (κ1) is 21.0. The van der Waals surface area contributed by atoms with E-state index in [1.165, 1.54) is 17.3 Å². The largest absolute Gasteiger partial charge is 0.442 e. The molecule has 1 saturated heterocycles. The molecular weight excluding hydrogens is 426 g/mol. The zero-order valence-corrected chi connectivity index (χ0v) is 16.6. The van der Waals surface area contributed by atoms with Gasteiger partial charge in [-0.15, -0.1) is 0 Å². The standard InChI is InChI=1S/C17H17Cl2FN6O3/c1-21-9-25-5-4-24(10-23-25)14-3-2-11(6-13(14)20)26-8-12(29-17(26)28)7-22-16(27)15(18)19/h2-3,6,10,12,15H,4-5,7-9H2,(H,22,27)/t12-/m0/s1. The van der Waals surface area contributed by atoms with Gasteiger partial charge in [0.05, 0.1) is 31.0 Å². The van der Waals surface area contributed by atoms with Crippen LogP contribution in [-0.4, -0.2) is 67.1 Å². The second kappa shape index (κ2) is 9.15. The van der Waals surface area contributed by atoms with Crippen LogP contribution >= 0.6 is 23.2 Å². The van der Waals surface area contributed by atoms with Gasteiger partial charge in [0.1, 0.15) is 18.3 Å². The number of rotatable bonds is 6. The first-order valence-corrected chi connectivity index (χ1v) is 9.49. The van der Waals surface area contributed by atoms with Crippen LogP contribution in [0.5, 0.6) is 0 Å². The predicted octanol–water partition coefficient (Wildman–Crippen LogP) is 2.01. The number of carbonyl (C=O) groups is 2. The number of cyclic esters (lactones) is 1. The average molecular weight is 443 g/mol. The van der Waals surface area contributed by atoms with Crippen molar-refractivity contribution in [3.8, 4) is 0 Å². The maximum absolute atomic E-state index is 14.7. The van der Waals surface area contributed by atoms with E-state index >= 15 is 0 Å². The van der Waals surface area contributed by atoms with Gasteiger partial charge in [-0.05, 0) is 18.2 Å². The van der Waals surface area contributed by atoms with E-state index in [1.54, 1.807) is 22.0 Å². The number of nitrogens with zero attached hydrogens (tertiary/aromatic N) is 5. The quantitative estimate of drug-likeness (QED) is 0.538. The third-order valence-corrected chi connectivity index (χ3v) is 4.71. The minimum absolute atomic E-state index is 0.0446. The molecule has 2 heterocycles. The molecule has 2 aliphatic heterocycles. The normalized spacial score (nSPS) is 18.8. The number of alkyl halides is 2. The molecule has 0 radical (unpaired) electrons. The lowest BCUT2D eigenvalue weighted by atomic mass is 10.2. The number of carbonyl (C=O) groups excluding carboxylic acids is 2. The van der Waals surface area contributed by atoms with Crippen LogP contribution in [0.3, 0.4) is 0 Å². The van der Waals surface area contributed by atoms with Crippen LogP contribution in [0.25, 0.3) is 4.85 Å². The molecule has 1 N–H and O–H groups in total. The van der Waals surface area contributed by atoms with Gasteiger partial charge < -0.3 is 15.0 Å². The van der Waals surface area contributed by atoms with Crippen molar-refractivity contribution in [2.24, 2.45) is 5.10 Å². The van der Waals surface area contributed by atoms with Gasteiger partial charge in [-0.3, -0.25) is 14.5 Å². The van der Waals surface area contributed by atoms with E-state index in [2.05, 4.69) is 15.3 Å². The van der Waals surface area contributed by atoms with E-state index in [1.807, 2.05) is 0 Å². The van der Waals surface area contributed by atoms with Crippen LogP contribution in [0.2, 0.25) is 0 Å². The van der Waals surface area contributed by atoms with Gasteiger partial charge in [-0.1, -0.05) is 23.2 Å². The highest BCUT2D eigenvalue weighted by atomic mass is 35.5. The summed E-state index contributed by atoms with van der Waals surface area (Å²) in [5, 5.41) is 8.16. The molecule has 0 bridgehead atoms. The maximum Gasteiger partial charge on any atom is 0.414 e. The van der Waals surface area contributed by atoms with Crippen molar-refractivity contribution in [2.45, 2.75) is 10.9 Å². The lowest BCUT2D eigenvalue weighted by Crippen LogP contribution is -2.38. The number of benzene rings is 1. The molecular formula is C17H17Cl2FN6O3. The zero-order valence-electron chi connectivity index (χ0n) is 15.1. The molecule has 0 aromatic heterocycles. The van der Waals surface area contributed by atoms with Crippen molar-refractivity contribution in [2.75, 3.05) is 42.6 Å². The van der Waals surface area contributed by atoms with E-state index in [-0.39, 0.29) is 19.8 Å². The fourth-order valence-corrected chi connectivity index (χ4v) is 3.03. The summed E-state index contributed by atoms with van der Waals surface area (Å²) in [4.78, 5) is 28.5. The molecule has 3 rings (SSSR count). The lowest BCUT2D eigenvalue weighted by Gasteiger charge is -2.27. The number of hydrogen-bond donors (Lipinski definition) is 1. The Morgan fingerprint density at radius 3 is 2.86 bits per heavy atom. The van der Waals surface area contributed by atoms with Gasteiger partial charge in [0.2, 0.25) is 0 Å². The summed E-state index contributed by atoms with van der Waals surface area (Å²) < 4.78 is 19.9. The van der Waals surface area contributed by atoms with Crippen molar-refractivity contribution in [3.63, 3.8) is 0 Å². The monoisotopic (exact) mass is 442 g/mol. The Labute approximate surface area is 176 Å². The summed E-state index contributed by atoms with van der Waals surface area (Å²) in [6.45, 7) is 8.17. The van der Waals surface area contributed by atoms with Gasteiger partial charge in [0.25, 0.3) is 5.91 Å². The van der Waals surface area contributed by atoms with Gasteiger partial charge in [0.15, 0.2) is 4.84 Å². The molecule has 2 amide bonds. The molecule has 12 heteroatoms. The Morgan fingerprint density at radius 2 is 2.24 bits per heavy atom. The highest BCUT2D eigenvalue weighted by Gasteiger charge is 2.33. The smallest absolute Gasteiger partial charge is 0.414 e. The molecule has 1 fully saturated rings. The Kier molecular flexibility index (Phi) is 6.61. The average Bonchev–Trinajstić information content (AvgIpc) is 3.07. The number of anilines is 2. The van der Waals surface area contributed by atoms with Crippen molar-refractivity contribution in [1.29, 1.82) is 0 Å². The number of ether oxygens (including phenoxy) is 1. The topological polar surface area (TPSA) is 81.8 Å². The Hall–Kier alpha value is -2.77. The van der Waals surface area contributed by atoms with Crippen molar-refractivity contribution in [3.05, 3.63) is 35.4 Å². The van der Waals surface area contributed by atoms with Crippen molar-refractivity contribution < 1.29 is 18.7 Å². The zero-order chi connectivity index (χ0) is 21.0. The van der Waals surface area contributed by atoms with Gasteiger partial charge >= 0.3 is 12.8 Å². The van der Waals surface area contributed by atoms with Crippen LogP contribution in [0.4, 0.5) is 20.6 Å². The molecule has 0 saturated carbocycles. The fraction of sp³-hybridized carbons (Fsp3) is 0.412. The molecule has 0 spiro atoms. The molecule has 2 aliphatic rings. The summed E-state index contributed by atoms with van der Waals surface area (Å²) in [7, 11) is 0. The molecule has 1 aromatic carbocycles. The van der Waals surface area contributed by atoms with Gasteiger partial charge in [-0.25, -0.2) is 20.8 Å². The molecule has 0 unspecified atom stereocenters. The minimum Gasteiger partial charge on any atom is -0.442 e.